The molecule has 114 valence electrons. The van der Waals surface area contributed by atoms with Crippen molar-refractivity contribution in [2.24, 2.45) is 17.3 Å². The molecule has 1 N–H and O–H groups in total. The maximum atomic E-state index is 3.54. The van der Waals surface area contributed by atoms with Gasteiger partial charge in [-0.15, -0.1) is 0 Å². The van der Waals surface area contributed by atoms with Gasteiger partial charge in [0.2, 0.25) is 0 Å². The fraction of sp³-hybridized carbons (Fsp3) is 0.500. The van der Waals surface area contributed by atoms with Gasteiger partial charge in [-0.1, -0.05) is 69.7 Å². The lowest BCUT2D eigenvalue weighted by Crippen LogP contribution is -2.36. The van der Waals surface area contributed by atoms with E-state index in [-0.39, 0.29) is 5.41 Å². The molecule has 0 saturated carbocycles. The molecule has 0 saturated heterocycles. The Bertz CT molecular complexity index is 504. The number of nitrogens with one attached hydrogen (secondary N) is 1. The zero-order valence-electron chi connectivity index (χ0n) is 13.9. The van der Waals surface area contributed by atoms with Crippen LogP contribution in [0.3, 0.4) is 0 Å². The topological polar surface area (TPSA) is 12.0 Å². The first kappa shape index (κ1) is 15.9. The highest BCUT2D eigenvalue weighted by atomic mass is 14.9. The lowest BCUT2D eigenvalue weighted by atomic mass is 9.62. The van der Waals surface area contributed by atoms with E-state index >= 15 is 0 Å². The van der Waals surface area contributed by atoms with Gasteiger partial charge in [-0.3, -0.25) is 0 Å². The van der Waals surface area contributed by atoms with Crippen LogP contribution in [0.1, 0.15) is 40.5 Å². The molecule has 0 aromatic heterocycles. The normalized spacial score (nSPS) is 26.0. The van der Waals surface area contributed by atoms with Crippen LogP contribution in [0.15, 0.2) is 59.9 Å². The number of hydrogen-bond donors (Lipinski definition) is 1. The van der Waals surface area contributed by atoms with E-state index in [0.717, 1.165) is 13.0 Å². The predicted octanol–water partition coefficient (Wildman–Crippen LogP) is 5.16. The van der Waals surface area contributed by atoms with Crippen molar-refractivity contribution in [2.75, 3.05) is 6.54 Å². The molecule has 1 nitrogen and oxygen atoms in total. The van der Waals surface area contributed by atoms with Crippen molar-refractivity contribution in [1.82, 2.24) is 5.32 Å². The van der Waals surface area contributed by atoms with E-state index in [1.54, 1.807) is 0 Å². The summed E-state index contributed by atoms with van der Waals surface area (Å²) >= 11 is 0. The summed E-state index contributed by atoms with van der Waals surface area (Å²) < 4.78 is 0. The minimum Gasteiger partial charge on any atom is -0.381 e. The number of allylic oxidation sites excluding steroid dienone is 8. The van der Waals surface area contributed by atoms with Gasteiger partial charge in [-0.05, 0) is 42.2 Å². The summed E-state index contributed by atoms with van der Waals surface area (Å²) in [6, 6.07) is 0. The molecule has 2 aliphatic rings. The Labute approximate surface area is 130 Å². The van der Waals surface area contributed by atoms with Crippen LogP contribution in [0.25, 0.3) is 0 Å². The van der Waals surface area contributed by atoms with Gasteiger partial charge in [0.25, 0.3) is 0 Å². The number of rotatable bonds is 5. The van der Waals surface area contributed by atoms with Crippen LogP contribution in [-0.2, 0) is 0 Å². The van der Waals surface area contributed by atoms with E-state index in [4.69, 9.17) is 0 Å². The molecule has 2 rings (SSSR count). The van der Waals surface area contributed by atoms with Crippen molar-refractivity contribution in [1.29, 1.82) is 0 Å². The van der Waals surface area contributed by atoms with Crippen molar-refractivity contribution in [3.05, 3.63) is 59.9 Å². The zero-order valence-corrected chi connectivity index (χ0v) is 13.9. The molecule has 21 heavy (non-hydrogen) atoms. The molecule has 0 fully saturated rings. The third-order valence-corrected chi connectivity index (χ3v) is 5.23. The summed E-state index contributed by atoms with van der Waals surface area (Å²) in [6.45, 7) is 10.2. The molecule has 0 spiro atoms. The highest BCUT2D eigenvalue weighted by Crippen LogP contribution is 2.47. The smallest absolute Gasteiger partial charge is 0.0378 e. The van der Waals surface area contributed by atoms with E-state index in [1.165, 1.54) is 17.7 Å². The highest BCUT2D eigenvalue weighted by molar-refractivity contribution is 5.42. The summed E-state index contributed by atoms with van der Waals surface area (Å²) in [5, 5.41) is 3.54. The first-order chi connectivity index (χ1) is 10.1. The third kappa shape index (κ3) is 3.23. The Morgan fingerprint density at radius 2 is 2.10 bits per heavy atom. The summed E-state index contributed by atoms with van der Waals surface area (Å²) in [5.41, 5.74) is 2.96. The Morgan fingerprint density at radius 3 is 2.71 bits per heavy atom. The number of dihydropyridines is 1. The Balaban J connectivity index is 2.39. The van der Waals surface area contributed by atoms with Crippen molar-refractivity contribution in [3.8, 4) is 0 Å². The first-order valence-electron chi connectivity index (χ1n) is 8.25. The van der Waals surface area contributed by atoms with Gasteiger partial charge in [-0.25, -0.2) is 0 Å². The Morgan fingerprint density at radius 1 is 1.33 bits per heavy atom. The first-order valence-corrected chi connectivity index (χ1v) is 8.25. The minimum atomic E-state index is 0.198. The van der Waals surface area contributed by atoms with E-state index in [0.29, 0.717) is 11.8 Å². The zero-order chi connectivity index (χ0) is 15.3. The van der Waals surface area contributed by atoms with Crippen LogP contribution in [0.2, 0.25) is 0 Å². The number of hydrogen-bond acceptors (Lipinski definition) is 1. The van der Waals surface area contributed by atoms with E-state index < -0.39 is 0 Å². The fourth-order valence-corrected chi connectivity index (χ4v) is 3.58. The molecule has 3 atom stereocenters. The van der Waals surface area contributed by atoms with Crippen molar-refractivity contribution in [3.63, 3.8) is 0 Å². The van der Waals surface area contributed by atoms with Crippen LogP contribution in [-0.4, -0.2) is 6.54 Å². The summed E-state index contributed by atoms with van der Waals surface area (Å²) in [6.07, 6.45) is 20.4. The largest absolute Gasteiger partial charge is 0.381 e. The van der Waals surface area contributed by atoms with E-state index in [9.17, 15) is 0 Å². The van der Waals surface area contributed by atoms with Crippen molar-refractivity contribution < 1.29 is 0 Å². The summed E-state index contributed by atoms with van der Waals surface area (Å²) in [4.78, 5) is 0. The molecular formula is C20H29N. The van der Waals surface area contributed by atoms with Crippen molar-refractivity contribution >= 4 is 0 Å². The second kappa shape index (κ2) is 6.98. The van der Waals surface area contributed by atoms with Gasteiger partial charge in [0.15, 0.2) is 0 Å². The second-order valence-electron chi connectivity index (χ2n) is 6.40. The van der Waals surface area contributed by atoms with Crippen molar-refractivity contribution in [2.45, 2.75) is 40.5 Å². The average Bonchev–Trinajstić information content (AvgIpc) is 2.55. The Kier molecular flexibility index (Phi) is 5.27. The fourth-order valence-electron chi connectivity index (χ4n) is 3.58. The SMILES string of the molecule is CC=CC(C)(C(C)CC)C1CC=CC=C1C1=CC=CCN1. The lowest BCUT2D eigenvalue weighted by Gasteiger charge is -2.43. The average molecular weight is 283 g/mol. The van der Waals surface area contributed by atoms with Gasteiger partial charge in [0.1, 0.15) is 0 Å². The van der Waals surface area contributed by atoms with Crippen LogP contribution in [0, 0.1) is 17.3 Å². The quantitative estimate of drug-likeness (QED) is 0.687. The Hall–Kier alpha value is -1.50. The summed E-state index contributed by atoms with van der Waals surface area (Å²) in [7, 11) is 0. The van der Waals surface area contributed by atoms with Gasteiger partial charge in [0, 0.05) is 12.2 Å². The molecule has 0 bridgehead atoms. The van der Waals surface area contributed by atoms with Crippen LogP contribution in [0.5, 0.6) is 0 Å². The minimum absolute atomic E-state index is 0.198. The lowest BCUT2D eigenvalue weighted by molar-refractivity contribution is 0.186. The molecule has 1 heteroatoms. The third-order valence-electron chi connectivity index (χ3n) is 5.23. The van der Waals surface area contributed by atoms with E-state index in [2.05, 4.69) is 81.6 Å². The maximum Gasteiger partial charge on any atom is 0.0378 e. The standard InChI is InChI=1S/C20H29N/c1-5-14-20(4,16(3)6-2)18-12-8-7-11-17(18)19-13-9-10-15-21-19/h5,7-11,13-14,16,18,21H,6,12,15H2,1-4H3. The maximum absolute atomic E-state index is 3.54. The molecule has 3 unspecified atom stereocenters. The predicted molar refractivity (Wildman–Crippen MR) is 92.9 cm³/mol. The molecule has 0 amide bonds. The molecule has 1 aliphatic heterocycles. The van der Waals surface area contributed by atoms with Gasteiger partial charge < -0.3 is 5.32 Å². The molecular weight excluding hydrogens is 254 g/mol. The molecule has 0 radical (unpaired) electrons. The van der Waals surface area contributed by atoms with E-state index in [1.807, 2.05) is 0 Å². The van der Waals surface area contributed by atoms with Gasteiger partial charge >= 0.3 is 0 Å². The molecule has 1 aliphatic carbocycles. The van der Waals surface area contributed by atoms with Crippen LogP contribution < -0.4 is 5.32 Å². The van der Waals surface area contributed by atoms with Crippen LogP contribution in [0.4, 0.5) is 0 Å². The molecule has 0 aromatic carbocycles. The second-order valence-corrected chi connectivity index (χ2v) is 6.40. The van der Waals surface area contributed by atoms with Gasteiger partial charge in [-0.2, -0.15) is 0 Å². The molecule has 0 aromatic rings. The summed E-state index contributed by atoms with van der Waals surface area (Å²) in [5.74, 6) is 1.20. The van der Waals surface area contributed by atoms with Gasteiger partial charge in [0.05, 0.1) is 0 Å². The molecule has 1 heterocycles. The van der Waals surface area contributed by atoms with Crippen LogP contribution >= 0.6 is 0 Å². The highest BCUT2D eigenvalue weighted by Gasteiger charge is 2.38. The monoisotopic (exact) mass is 283 g/mol.